The van der Waals surface area contributed by atoms with E-state index in [0.29, 0.717) is 23.8 Å². The zero-order valence-corrected chi connectivity index (χ0v) is 16.9. The molecule has 6 heteroatoms. The number of ether oxygens (including phenoxy) is 1. The van der Waals surface area contributed by atoms with Gasteiger partial charge < -0.3 is 20.3 Å². The van der Waals surface area contributed by atoms with Crippen molar-refractivity contribution in [1.29, 1.82) is 0 Å². The van der Waals surface area contributed by atoms with E-state index in [1.54, 1.807) is 7.11 Å². The number of benzene rings is 2. The molecule has 0 spiro atoms. The first-order valence-corrected chi connectivity index (χ1v) is 9.54. The summed E-state index contributed by atoms with van der Waals surface area (Å²) < 4.78 is 5.30. The van der Waals surface area contributed by atoms with Gasteiger partial charge in [0.1, 0.15) is 5.75 Å². The maximum absolute atomic E-state index is 13.1. The minimum atomic E-state index is -0.279. The van der Waals surface area contributed by atoms with E-state index in [9.17, 15) is 4.79 Å². The highest BCUT2D eigenvalue weighted by molar-refractivity contribution is 7.80. The zero-order valence-electron chi connectivity index (χ0n) is 16.1. The number of rotatable bonds is 5. The topological polar surface area (TPSA) is 53.6 Å². The van der Waals surface area contributed by atoms with Crippen molar-refractivity contribution in [2.45, 2.75) is 26.8 Å². The zero-order chi connectivity index (χ0) is 19.6. The molecule has 0 radical (unpaired) electrons. The predicted molar refractivity (Wildman–Crippen MR) is 113 cm³/mol. The summed E-state index contributed by atoms with van der Waals surface area (Å²) in [6, 6.07) is 11.9. The number of allylic oxidation sites excluding steroid dienone is 1. The van der Waals surface area contributed by atoms with Crippen LogP contribution in [0.2, 0.25) is 0 Å². The van der Waals surface area contributed by atoms with Crippen molar-refractivity contribution in [2.75, 3.05) is 20.2 Å². The Kier molecular flexibility index (Phi) is 5.65. The molecule has 0 unspecified atom stereocenters. The molecule has 0 saturated heterocycles. The third-order valence-corrected chi connectivity index (χ3v) is 5.17. The van der Waals surface area contributed by atoms with Crippen molar-refractivity contribution in [3.05, 3.63) is 53.2 Å². The number of amides is 1. The fourth-order valence-electron chi connectivity index (χ4n) is 3.46. The highest BCUT2D eigenvalue weighted by Gasteiger charge is 2.31. The van der Waals surface area contributed by atoms with Crippen LogP contribution in [0.15, 0.2) is 47.7 Å². The molecule has 2 aromatic carbocycles. The molecule has 0 saturated carbocycles. The Balaban J connectivity index is 2.06. The predicted octanol–water partition coefficient (Wildman–Crippen LogP) is 3.51. The number of hydrogen-bond acceptors (Lipinski definition) is 3. The van der Waals surface area contributed by atoms with Gasteiger partial charge in [-0.3, -0.25) is 4.79 Å². The first-order chi connectivity index (χ1) is 13.0. The molecule has 0 bridgehead atoms. The van der Waals surface area contributed by atoms with Crippen LogP contribution in [0.4, 0.5) is 0 Å². The molecule has 0 aromatic heterocycles. The van der Waals surface area contributed by atoms with E-state index in [2.05, 4.69) is 22.8 Å². The van der Waals surface area contributed by atoms with Crippen LogP contribution in [-0.2, 0) is 4.79 Å². The number of fused-ring (bicyclic) bond motifs is 1. The fourth-order valence-corrected chi connectivity index (χ4v) is 3.73. The van der Waals surface area contributed by atoms with Gasteiger partial charge in [-0.25, -0.2) is 0 Å². The number of thiocarbonyl (C=S) groups is 1. The summed E-state index contributed by atoms with van der Waals surface area (Å²) in [7, 11) is 1.66. The molecule has 1 amide bonds. The van der Waals surface area contributed by atoms with Gasteiger partial charge in [-0.1, -0.05) is 18.2 Å². The Bertz CT molecular complexity index is 919. The van der Waals surface area contributed by atoms with E-state index >= 15 is 0 Å². The average molecular weight is 384 g/mol. The van der Waals surface area contributed by atoms with Crippen LogP contribution in [0.1, 0.15) is 32.4 Å². The van der Waals surface area contributed by atoms with Crippen LogP contribution >= 0.6 is 12.2 Å². The molecule has 2 aromatic rings. The largest absolute Gasteiger partial charge is 0.497 e. The van der Waals surface area contributed by atoms with Gasteiger partial charge in [-0.15, -0.1) is 0 Å². The van der Waals surface area contributed by atoms with Crippen LogP contribution in [0, 0.1) is 0 Å². The maximum atomic E-state index is 13.1. The Hall–Kier alpha value is -2.60. The quantitative estimate of drug-likeness (QED) is 0.774. The van der Waals surface area contributed by atoms with Crippen LogP contribution in [0.25, 0.3) is 10.8 Å². The lowest BCUT2D eigenvalue weighted by Gasteiger charge is -2.33. The van der Waals surface area contributed by atoms with E-state index in [-0.39, 0.29) is 11.9 Å². The number of carbonyl (C=O) groups excluding carboxylic acids is 1. The molecule has 142 valence electrons. The molecule has 1 aliphatic rings. The Labute approximate surface area is 165 Å². The standard InChI is InChI=1S/C21H25N3O2S/c1-5-24(6-2)20(25)18-13(3)22-21(27)23-19(18)16-8-7-15-12-17(26-4)10-9-14(15)11-16/h7-12,19H,5-6H2,1-4H3,(H2,22,23,27)/t19-/m1/s1. The molecule has 1 aliphatic heterocycles. The maximum Gasteiger partial charge on any atom is 0.253 e. The van der Waals surface area contributed by atoms with Crippen molar-refractivity contribution in [3.8, 4) is 5.75 Å². The van der Waals surface area contributed by atoms with Crippen LogP contribution in [-0.4, -0.2) is 36.1 Å². The second kappa shape index (κ2) is 7.96. The van der Waals surface area contributed by atoms with Crippen molar-refractivity contribution in [1.82, 2.24) is 15.5 Å². The van der Waals surface area contributed by atoms with Gasteiger partial charge in [0.05, 0.1) is 18.7 Å². The first-order valence-electron chi connectivity index (χ1n) is 9.13. The minimum absolute atomic E-state index is 0.0276. The second-order valence-corrected chi connectivity index (χ2v) is 6.93. The average Bonchev–Trinajstić information content (AvgIpc) is 2.67. The smallest absolute Gasteiger partial charge is 0.253 e. The summed E-state index contributed by atoms with van der Waals surface area (Å²) >= 11 is 5.35. The Morgan fingerprint density at radius 1 is 1.15 bits per heavy atom. The van der Waals surface area contributed by atoms with Crippen molar-refractivity contribution in [3.63, 3.8) is 0 Å². The highest BCUT2D eigenvalue weighted by Crippen LogP contribution is 2.31. The highest BCUT2D eigenvalue weighted by atomic mass is 32.1. The lowest BCUT2D eigenvalue weighted by atomic mass is 9.93. The SMILES string of the molecule is CCN(CC)C(=O)C1=C(C)NC(=S)N[C@@H]1c1ccc2cc(OC)ccc2c1. The summed E-state index contributed by atoms with van der Waals surface area (Å²) in [4.78, 5) is 15.0. The fraction of sp³-hybridized carbons (Fsp3) is 0.333. The number of likely N-dealkylation sites (N-methyl/N-ethyl adjacent to an activating group) is 1. The lowest BCUT2D eigenvalue weighted by Crippen LogP contribution is -2.47. The van der Waals surface area contributed by atoms with E-state index < -0.39 is 0 Å². The molecular formula is C21H25N3O2S. The van der Waals surface area contributed by atoms with Gasteiger partial charge in [0, 0.05) is 18.8 Å². The molecule has 0 fully saturated rings. The number of hydrogen-bond donors (Lipinski definition) is 2. The van der Waals surface area contributed by atoms with Crippen molar-refractivity contribution < 1.29 is 9.53 Å². The lowest BCUT2D eigenvalue weighted by molar-refractivity contribution is -0.127. The van der Waals surface area contributed by atoms with Gasteiger partial charge in [0.25, 0.3) is 5.91 Å². The first kappa shape index (κ1) is 19.2. The van der Waals surface area contributed by atoms with E-state index in [1.807, 2.05) is 49.9 Å². The van der Waals surface area contributed by atoms with Gasteiger partial charge >= 0.3 is 0 Å². The molecule has 3 rings (SSSR count). The molecule has 5 nitrogen and oxygen atoms in total. The molecule has 27 heavy (non-hydrogen) atoms. The van der Waals surface area contributed by atoms with Crippen LogP contribution < -0.4 is 15.4 Å². The summed E-state index contributed by atoms with van der Waals surface area (Å²) in [5.74, 6) is 0.851. The summed E-state index contributed by atoms with van der Waals surface area (Å²) in [5, 5.41) is 9.09. The van der Waals surface area contributed by atoms with Crippen LogP contribution in [0.5, 0.6) is 5.75 Å². The molecule has 1 heterocycles. The third kappa shape index (κ3) is 3.76. The summed E-state index contributed by atoms with van der Waals surface area (Å²) in [6.45, 7) is 7.22. The Morgan fingerprint density at radius 3 is 2.48 bits per heavy atom. The van der Waals surface area contributed by atoms with E-state index in [4.69, 9.17) is 17.0 Å². The Morgan fingerprint density at radius 2 is 1.81 bits per heavy atom. The normalized spacial score (nSPS) is 16.7. The van der Waals surface area contributed by atoms with Gasteiger partial charge in [0.15, 0.2) is 5.11 Å². The van der Waals surface area contributed by atoms with Crippen molar-refractivity contribution >= 4 is 34.0 Å². The van der Waals surface area contributed by atoms with Crippen LogP contribution in [0.3, 0.4) is 0 Å². The second-order valence-electron chi connectivity index (χ2n) is 6.52. The summed E-state index contributed by atoms with van der Waals surface area (Å²) in [5.41, 5.74) is 2.52. The number of nitrogens with zero attached hydrogens (tertiary/aromatic N) is 1. The molecule has 0 aliphatic carbocycles. The molecular weight excluding hydrogens is 358 g/mol. The van der Waals surface area contributed by atoms with Gasteiger partial charge in [-0.2, -0.15) is 0 Å². The minimum Gasteiger partial charge on any atom is -0.497 e. The number of nitrogens with one attached hydrogen (secondary N) is 2. The summed E-state index contributed by atoms with van der Waals surface area (Å²) in [6.07, 6.45) is 0. The van der Waals surface area contributed by atoms with Gasteiger partial charge in [0.2, 0.25) is 0 Å². The molecule has 1 atom stereocenters. The van der Waals surface area contributed by atoms with Gasteiger partial charge in [-0.05, 0) is 67.5 Å². The van der Waals surface area contributed by atoms with E-state index in [0.717, 1.165) is 27.8 Å². The van der Waals surface area contributed by atoms with E-state index in [1.165, 1.54) is 0 Å². The number of methoxy groups -OCH3 is 1. The number of carbonyl (C=O) groups is 1. The van der Waals surface area contributed by atoms with Crippen molar-refractivity contribution in [2.24, 2.45) is 0 Å². The third-order valence-electron chi connectivity index (χ3n) is 4.96. The molecule has 2 N–H and O–H groups in total. The monoisotopic (exact) mass is 383 g/mol.